The van der Waals surface area contributed by atoms with E-state index in [1.54, 1.807) is 32.4 Å². The molecule has 0 amide bonds. The Morgan fingerprint density at radius 1 is 1.32 bits per heavy atom. The predicted octanol–water partition coefficient (Wildman–Crippen LogP) is 2.04. The molecule has 0 aromatic carbocycles. The maximum Gasteiger partial charge on any atom is 0.355 e. The second kappa shape index (κ2) is 6.42. The molecule has 1 aliphatic carbocycles. The fraction of sp³-hybridized carbons (Fsp3) is 0.667. The van der Waals surface area contributed by atoms with Gasteiger partial charge in [-0.1, -0.05) is 12.8 Å². The second-order valence-electron chi connectivity index (χ2n) is 5.77. The Bertz CT molecular complexity index is 670. The molecule has 1 heterocycles. The standard InChI is InChI=1S/C15H24N2O4S/c1-5-21-15(18)13-10(2)14(11(3)17(13)4)22(19,20)16-12-8-6-7-9-12/h12,16H,5-9H2,1-4H3. The van der Waals surface area contributed by atoms with E-state index < -0.39 is 16.0 Å². The monoisotopic (exact) mass is 328 g/mol. The first-order valence-corrected chi connectivity index (χ1v) is 9.13. The van der Waals surface area contributed by atoms with Crippen molar-refractivity contribution in [2.24, 2.45) is 7.05 Å². The summed E-state index contributed by atoms with van der Waals surface area (Å²) in [6.45, 7) is 5.34. The van der Waals surface area contributed by atoms with Crippen molar-refractivity contribution in [3.05, 3.63) is 17.0 Å². The Hall–Kier alpha value is -1.34. The molecule has 1 aliphatic rings. The van der Waals surface area contributed by atoms with E-state index in [9.17, 15) is 13.2 Å². The number of carbonyl (C=O) groups excluding carboxylic acids is 1. The van der Waals surface area contributed by atoms with Gasteiger partial charge < -0.3 is 9.30 Å². The molecule has 0 radical (unpaired) electrons. The average molecular weight is 328 g/mol. The van der Waals surface area contributed by atoms with Crippen LogP contribution in [0.1, 0.15) is 54.4 Å². The highest BCUT2D eigenvalue weighted by molar-refractivity contribution is 7.89. The number of hydrogen-bond acceptors (Lipinski definition) is 4. The van der Waals surface area contributed by atoms with Crippen LogP contribution in [0.2, 0.25) is 0 Å². The van der Waals surface area contributed by atoms with Crippen molar-refractivity contribution in [1.29, 1.82) is 0 Å². The Morgan fingerprint density at radius 3 is 2.45 bits per heavy atom. The van der Waals surface area contributed by atoms with Gasteiger partial charge in [0.15, 0.2) is 0 Å². The number of carbonyl (C=O) groups is 1. The lowest BCUT2D eigenvalue weighted by atomic mass is 10.2. The minimum atomic E-state index is -3.63. The van der Waals surface area contributed by atoms with Crippen molar-refractivity contribution >= 4 is 16.0 Å². The minimum absolute atomic E-state index is 0.00458. The largest absolute Gasteiger partial charge is 0.461 e. The van der Waals surface area contributed by atoms with Gasteiger partial charge in [-0.3, -0.25) is 0 Å². The zero-order valence-electron chi connectivity index (χ0n) is 13.6. The average Bonchev–Trinajstić information content (AvgIpc) is 2.97. The zero-order valence-corrected chi connectivity index (χ0v) is 14.4. The first-order chi connectivity index (χ1) is 10.3. The third kappa shape index (κ3) is 3.05. The summed E-state index contributed by atoms with van der Waals surface area (Å²) in [6.07, 6.45) is 3.84. The summed E-state index contributed by atoms with van der Waals surface area (Å²) in [5, 5.41) is 0. The number of hydrogen-bond donors (Lipinski definition) is 1. The highest BCUT2D eigenvalue weighted by Gasteiger charge is 2.31. The molecule has 6 nitrogen and oxygen atoms in total. The highest BCUT2D eigenvalue weighted by Crippen LogP contribution is 2.28. The molecule has 124 valence electrons. The first kappa shape index (κ1) is 17.0. The van der Waals surface area contributed by atoms with Crippen LogP contribution in [0.15, 0.2) is 4.90 Å². The minimum Gasteiger partial charge on any atom is -0.461 e. The SMILES string of the molecule is CCOC(=O)c1c(C)c(S(=O)(=O)NC2CCCC2)c(C)n1C. The van der Waals surface area contributed by atoms with Crippen LogP contribution in [0.5, 0.6) is 0 Å². The van der Waals surface area contributed by atoms with E-state index in [1.165, 1.54) is 0 Å². The van der Waals surface area contributed by atoms with Crippen molar-refractivity contribution in [1.82, 2.24) is 9.29 Å². The highest BCUT2D eigenvalue weighted by atomic mass is 32.2. The van der Waals surface area contributed by atoms with Gasteiger partial charge >= 0.3 is 5.97 Å². The number of rotatable bonds is 5. The van der Waals surface area contributed by atoms with Crippen LogP contribution in [-0.2, 0) is 21.8 Å². The molecule has 22 heavy (non-hydrogen) atoms. The molecule has 0 bridgehead atoms. The van der Waals surface area contributed by atoms with Crippen molar-refractivity contribution in [2.75, 3.05) is 6.61 Å². The van der Waals surface area contributed by atoms with Crippen molar-refractivity contribution in [3.63, 3.8) is 0 Å². The lowest BCUT2D eigenvalue weighted by Crippen LogP contribution is -2.33. The van der Waals surface area contributed by atoms with Crippen molar-refractivity contribution < 1.29 is 17.9 Å². The van der Waals surface area contributed by atoms with Crippen LogP contribution in [0.4, 0.5) is 0 Å². The number of sulfonamides is 1. The van der Waals surface area contributed by atoms with Crippen LogP contribution in [0.3, 0.4) is 0 Å². The molecule has 0 unspecified atom stereocenters. The fourth-order valence-corrected chi connectivity index (χ4v) is 4.98. The van der Waals surface area contributed by atoms with Gasteiger partial charge in [0.1, 0.15) is 10.6 Å². The van der Waals surface area contributed by atoms with Gasteiger partial charge in [-0.25, -0.2) is 17.9 Å². The van der Waals surface area contributed by atoms with Crippen molar-refractivity contribution in [3.8, 4) is 0 Å². The van der Waals surface area contributed by atoms with E-state index in [2.05, 4.69) is 4.72 Å². The third-order valence-corrected chi connectivity index (χ3v) is 6.06. The molecule has 0 aliphatic heterocycles. The number of nitrogens with one attached hydrogen (secondary N) is 1. The van der Waals surface area contributed by atoms with Gasteiger partial charge in [0.2, 0.25) is 10.0 Å². The van der Waals surface area contributed by atoms with Crippen LogP contribution in [-0.4, -0.2) is 31.6 Å². The number of aromatic nitrogens is 1. The van der Waals surface area contributed by atoms with Gasteiger partial charge in [-0.2, -0.15) is 0 Å². The molecule has 7 heteroatoms. The molecule has 0 saturated heterocycles. The van der Waals surface area contributed by atoms with Gasteiger partial charge in [-0.15, -0.1) is 0 Å². The van der Waals surface area contributed by atoms with Gasteiger partial charge in [0.05, 0.1) is 6.61 Å². The normalized spacial score (nSPS) is 16.2. The molecular formula is C15H24N2O4S. The van der Waals surface area contributed by atoms with E-state index in [0.29, 0.717) is 17.0 Å². The Morgan fingerprint density at radius 2 is 1.91 bits per heavy atom. The molecule has 0 atom stereocenters. The summed E-state index contributed by atoms with van der Waals surface area (Å²) >= 11 is 0. The summed E-state index contributed by atoms with van der Waals surface area (Å²) in [4.78, 5) is 12.3. The van der Waals surface area contributed by atoms with Gasteiger partial charge in [-0.05, 0) is 33.6 Å². The Kier molecular flexibility index (Phi) is 4.97. The van der Waals surface area contributed by atoms with E-state index in [1.807, 2.05) is 0 Å². The van der Waals surface area contributed by atoms with E-state index in [0.717, 1.165) is 25.7 Å². The maximum absolute atomic E-state index is 12.7. The topological polar surface area (TPSA) is 77.4 Å². The molecule has 1 aromatic heterocycles. The van der Waals surface area contributed by atoms with Gasteiger partial charge in [0.25, 0.3) is 0 Å². The molecule has 1 N–H and O–H groups in total. The third-order valence-electron chi connectivity index (χ3n) is 4.28. The van der Waals surface area contributed by atoms with Crippen molar-refractivity contribution in [2.45, 2.75) is 57.4 Å². The Balaban J connectivity index is 2.42. The fourth-order valence-electron chi connectivity index (χ4n) is 3.16. The quantitative estimate of drug-likeness (QED) is 0.839. The number of ether oxygens (including phenoxy) is 1. The van der Waals surface area contributed by atoms with Crippen LogP contribution < -0.4 is 4.72 Å². The summed E-state index contributed by atoms with van der Waals surface area (Å²) < 4.78 is 34.8. The number of esters is 1. The number of nitrogens with zero attached hydrogens (tertiary/aromatic N) is 1. The molecule has 0 spiro atoms. The lowest BCUT2D eigenvalue weighted by molar-refractivity contribution is 0.0514. The Labute approximate surface area is 131 Å². The van der Waals surface area contributed by atoms with Crippen LogP contribution in [0.25, 0.3) is 0 Å². The summed E-state index contributed by atoms with van der Waals surface area (Å²) in [5.41, 5.74) is 1.29. The molecule has 1 fully saturated rings. The summed E-state index contributed by atoms with van der Waals surface area (Å²) in [7, 11) is -1.95. The molecule has 1 aromatic rings. The maximum atomic E-state index is 12.7. The second-order valence-corrected chi connectivity index (χ2v) is 7.42. The van der Waals surface area contributed by atoms with Crippen LogP contribution >= 0.6 is 0 Å². The van der Waals surface area contributed by atoms with Gasteiger partial charge in [0, 0.05) is 24.3 Å². The van der Waals surface area contributed by atoms with E-state index in [4.69, 9.17) is 4.74 Å². The summed E-state index contributed by atoms with van der Waals surface area (Å²) in [5.74, 6) is -0.493. The first-order valence-electron chi connectivity index (χ1n) is 7.65. The molecular weight excluding hydrogens is 304 g/mol. The summed E-state index contributed by atoms with van der Waals surface area (Å²) in [6, 6.07) is -0.00458. The molecule has 2 rings (SSSR count). The predicted molar refractivity (Wildman–Crippen MR) is 83.4 cm³/mol. The van der Waals surface area contributed by atoms with E-state index in [-0.39, 0.29) is 17.5 Å². The molecule has 1 saturated carbocycles. The van der Waals surface area contributed by atoms with E-state index >= 15 is 0 Å². The smallest absolute Gasteiger partial charge is 0.355 e. The lowest BCUT2D eigenvalue weighted by Gasteiger charge is -2.13. The zero-order chi connectivity index (χ0) is 16.5. The van der Waals surface area contributed by atoms with Crippen LogP contribution in [0, 0.1) is 13.8 Å².